The monoisotopic (exact) mass is 226 g/mol. The molecule has 1 rings (SSSR count). The van der Waals surface area contributed by atoms with Crippen molar-refractivity contribution in [3.8, 4) is 0 Å². The molecule has 1 saturated carbocycles. The molecule has 3 nitrogen and oxygen atoms in total. The van der Waals surface area contributed by atoms with Crippen molar-refractivity contribution in [1.82, 2.24) is 10.6 Å². The molecule has 0 saturated heterocycles. The second kappa shape index (κ2) is 7.66. The second-order valence-corrected chi connectivity index (χ2v) is 4.95. The van der Waals surface area contributed by atoms with E-state index in [-0.39, 0.29) is 11.8 Å². The molecule has 1 aliphatic carbocycles. The number of rotatable bonds is 6. The van der Waals surface area contributed by atoms with Crippen LogP contribution in [0.15, 0.2) is 0 Å². The Morgan fingerprint density at radius 1 is 1.31 bits per heavy atom. The van der Waals surface area contributed by atoms with Crippen LogP contribution >= 0.6 is 0 Å². The van der Waals surface area contributed by atoms with Crippen molar-refractivity contribution in [1.29, 1.82) is 0 Å². The van der Waals surface area contributed by atoms with Crippen LogP contribution in [0.5, 0.6) is 0 Å². The summed E-state index contributed by atoms with van der Waals surface area (Å²) in [6.45, 7) is 5.94. The number of hydrogen-bond donors (Lipinski definition) is 2. The average Bonchev–Trinajstić information content (AvgIpc) is 2.30. The van der Waals surface area contributed by atoms with Crippen LogP contribution < -0.4 is 10.6 Å². The molecule has 0 aromatic rings. The topological polar surface area (TPSA) is 41.1 Å². The van der Waals surface area contributed by atoms with E-state index in [9.17, 15) is 4.79 Å². The quantitative estimate of drug-likeness (QED) is 0.681. The molecule has 0 spiro atoms. The van der Waals surface area contributed by atoms with Crippen molar-refractivity contribution >= 4 is 5.91 Å². The van der Waals surface area contributed by atoms with Gasteiger partial charge in [-0.25, -0.2) is 0 Å². The van der Waals surface area contributed by atoms with Gasteiger partial charge in [0.05, 0.1) is 0 Å². The highest BCUT2D eigenvalue weighted by Crippen LogP contribution is 2.17. The molecule has 0 heterocycles. The van der Waals surface area contributed by atoms with Gasteiger partial charge in [-0.15, -0.1) is 0 Å². The maximum atomic E-state index is 11.9. The molecule has 1 unspecified atom stereocenters. The lowest BCUT2D eigenvalue weighted by Gasteiger charge is -2.24. The third-order valence-electron chi connectivity index (χ3n) is 3.28. The highest BCUT2D eigenvalue weighted by Gasteiger charge is 2.18. The fourth-order valence-electron chi connectivity index (χ4n) is 2.18. The van der Waals surface area contributed by atoms with Gasteiger partial charge >= 0.3 is 0 Å². The molecule has 0 aromatic heterocycles. The summed E-state index contributed by atoms with van der Waals surface area (Å²) >= 11 is 0. The van der Waals surface area contributed by atoms with Crippen LogP contribution in [0.3, 0.4) is 0 Å². The summed E-state index contributed by atoms with van der Waals surface area (Å²) in [6, 6.07) is 0.440. The lowest BCUT2D eigenvalue weighted by molar-refractivity contribution is -0.125. The van der Waals surface area contributed by atoms with Gasteiger partial charge in [-0.2, -0.15) is 0 Å². The second-order valence-electron chi connectivity index (χ2n) is 4.95. The van der Waals surface area contributed by atoms with E-state index in [1.165, 1.54) is 32.1 Å². The largest absolute Gasteiger partial charge is 0.353 e. The summed E-state index contributed by atoms with van der Waals surface area (Å²) in [6.07, 6.45) is 7.33. The van der Waals surface area contributed by atoms with Gasteiger partial charge in [-0.1, -0.05) is 33.1 Å². The van der Waals surface area contributed by atoms with Gasteiger partial charge in [0.1, 0.15) is 0 Å². The van der Waals surface area contributed by atoms with E-state index in [1.54, 1.807) is 0 Å². The van der Waals surface area contributed by atoms with E-state index in [0.717, 1.165) is 19.5 Å². The average molecular weight is 226 g/mol. The molecular formula is C13H26N2O. The van der Waals surface area contributed by atoms with Crippen LogP contribution in [0.25, 0.3) is 0 Å². The zero-order valence-electron chi connectivity index (χ0n) is 10.7. The zero-order chi connectivity index (χ0) is 11.8. The molecule has 0 aromatic carbocycles. The minimum Gasteiger partial charge on any atom is -0.353 e. The standard InChI is InChI=1S/C13H26N2O/c1-3-9-14-10-11(2)13(16)15-12-7-5-4-6-8-12/h11-12,14H,3-10H2,1-2H3,(H,15,16). The number of carbonyl (C=O) groups is 1. The summed E-state index contributed by atoms with van der Waals surface area (Å²) in [4.78, 5) is 11.9. The first-order valence-electron chi connectivity index (χ1n) is 6.75. The van der Waals surface area contributed by atoms with Crippen LogP contribution in [0.4, 0.5) is 0 Å². The van der Waals surface area contributed by atoms with Gasteiger partial charge in [0.15, 0.2) is 0 Å². The SMILES string of the molecule is CCCNCC(C)C(=O)NC1CCCCC1. The number of carbonyl (C=O) groups excluding carboxylic acids is 1. The van der Waals surface area contributed by atoms with E-state index >= 15 is 0 Å². The summed E-state index contributed by atoms with van der Waals surface area (Å²) in [7, 11) is 0. The van der Waals surface area contributed by atoms with Gasteiger partial charge < -0.3 is 10.6 Å². The molecule has 1 atom stereocenters. The van der Waals surface area contributed by atoms with E-state index < -0.39 is 0 Å². The summed E-state index contributed by atoms with van der Waals surface area (Å²) < 4.78 is 0. The third-order valence-corrected chi connectivity index (χ3v) is 3.28. The van der Waals surface area contributed by atoms with Gasteiger partial charge in [0.2, 0.25) is 5.91 Å². The fraction of sp³-hybridized carbons (Fsp3) is 0.923. The van der Waals surface area contributed by atoms with E-state index in [0.29, 0.717) is 6.04 Å². The van der Waals surface area contributed by atoms with Gasteiger partial charge in [-0.3, -0.25) is 4.79 Å². The highest BCUT2D eigenvalue weighted by atomic mass is 16.1. The van der Waals surface area contributed by atoms with Crippen LogP contribution in [-0.2, 0) is 4.79 Å². The Morgan fingerprint density at radius 2 is 2.00 bits per heavy atom. The summed E-state index contributed by atoms with van der Waals surface area (Å²) in [5.74, 6) is 0.309. The van der Waals surface area contributed by atoms with E-state index in [1.807, 2.05) is 6.92 Å². The molecule has 0 bridgehead atoms. The van der Waals surface area contributed by atoms with Crippen LogP contribution in [0.1, 0.15) is 52.4 Å². The van der Waals surface area contributed by atoms with Crippen LogP contribution in [-0.4, -0.2) is 25.0 Å². The maximum Gasteiger partial charge on any atom is 0.224 e. The smallest absolute Gasteiger partial charge is 0.224 e. The lowest BCUT2D eigenvalue weighted by Crippen LogP contribution is -2.42. The Kier molecular flexibility index (Phi) is 6.46. The Bertz CT molecular complexity index is 200. The number of amides is 1. The molecule has 1 aliphatic rings. The fourth-order valence-corrected chi connectivity index (χ4v) is 2.18. The summed E-state index contributed by atoms with van der Waals surface area (Å²) in [5, 5.41) is 6.46. The van der Waals surface area contributed by atoms with Crippen LogP contribution in [0, 0.1) is 5.92 Å². The minimum atomic E-state index is 0.0912. The van der Waals surface area contributed by atoms with Crippen molar-refractivity contribution in [2.24, 2.45) is 5.92 Å². The van der Waals surface area contributed by atoms with Gasteiger partial charge in [0, 0.05) is 18.5 Å². The van der Waals surface area contributed by atoms with Crippen molar-refractivity contribution in [3.05, 3.63) is 0 Å². The molecule has 0 aliphatic heterocycles. The molecule has 3 heteroatoms. The lowest BCUT2D eigenvalue weighted by atomic mass is 9.95. The first kappa shape index (κ1) is 13.5. The molecule has 16 heavy (non-hydrogen) atoms. The van der Waals surface area contributed by atoms with E-state index in [2.05, 4.69) is 17.6 Å². The molecule has 1 fully saturated rings. The predicted octanol–water partition coefficient (Wildman–Crippen LogP) is 2.07. The predicted molar refractivity (Wildman–Crippen MR) is 67.3 cm³/mol. The van der Waals surface area contributed by atoms with E-state index in [4.69, 9.17) is 0 Å². The van der Waals surface area contributed by atoms with Crippen molar-refractivity contribution < 1.29 is 4.79 Å². The van der Waals surface area contributed by atoms with Gasteiger partial charge in [0.25, 0.3) is 0 Å². The Morgan fingerprint density at radius 3 is 2.62 bits per heavy atom. The van der Waals surface area contributed by atoms with Gasteiger partial charge in [-0.05, 0) is 25.8 Å². The zero-order valence-corrected chi connectivity index (χ0v) is 10.7. The number of nitrogens with one attached hydrogen (secondary N) is 2. The van der Waals surface area contributed by atoms with Crippen molar-refractivity contribution in [3.63, 3.8) is 0 Å². The van der Waals surface area contributed by atoms with Crippen molar-refractivity contribution in [2.75, 3.05) is 13.1 Å². The van der Waals surface area contributed by atoms with Crippen molar-refractivity contribution in [2.45, 2.75) is 58.4 Å². The molecule has 0 radical (unpaired) electrons. The molecule has 2 N–H and O–H groups in total. The first-order chi connectivity index (χ1) is 7.74. The molecule has 94 valence electrons. The first-order valence-corrected chi connectivity index (χ1v) is 6.75. The maximum absolute atomic E-state index is 11.9. The highest BCUT2D eigenvalue weighted by molar-refractivity contribution is 5.78. The Balaban J connectivity index is 2.16. The molecular weight excluding hydrogens is 200 g/mol. The number of hydrogen-bond acceptors (Lipinski definition) is 2. The third kappa shape index (κ3) is 4.97. The summed E-state index contributed by atoms with van der Waals surface area (Å²) in [5.41, 5.74) is 0. The molecule has 1 amide bonds. The van der Waals surface area contributed by atoms with Crippen LogP contribution in [0.2, 0.25) is 0 Å². The normalized spacial score (nSPS) is 19.4. The minimum absolute atomic E-state index is 0.0912. The Labute approximate surface area is 99.4 Å². The Hall–Kier alpha value is -0.570.